The van der Waals surface area contributed by atoms with E-state index in [0.717, 1.165) is 48.7 Å². The minimum Gasteiger partial charge on any atom is -0.341 e. The van der Waals surface area contributed by atoms with Gasteiger partial charge in [-0.1, -0.05) is 31.2 Å². The Kier molecular flexibility index (Phi) is 3.74. The number of hydrogen-bond acceptors (Lipinski definition) is 5. The van der Waals surface area contributed by atoms with Crippen molar-refractivity contribution in [2.24, 2.45) is 5.92 Å². The molecule has 5 nitrogen and oxygen atoms in total. The maximum absolute atomic E-state index is 13.1. The molecule has 3 aromatic rings. The molecule has 0 bridgehead atoms. The van der Waals surface area contributed by atoms with Crippen molar-refractivity contribution < 1.29 is 4.79 Å². The second-order valence-corrected chi connectivity index (χ2v) is 7.38. The number of pyridine rings is 1. The van der Waals surface area contributed by atoms with E-state index in [2.05, 4.69) is 16.8 Å². The summed E-state index contributed by atoms with van der Waals surface area (Å²) in [6.45, 7) is 4.18. The zero-order chi connectivity index (χ0) is 18.4. The van der Waals surface area contributed by atoms with E-state index in [1.54, 1.807) is 12.4 Å². The van der Waals surface area contributed by atoms with Crippen LogP contribution >= 0.6 is 0 Å². The van der Waals surface area contributed by atoms with Crippen molar-refractivity contribution in [1.82, 2.24) is 15.0 Å². The van der Waals surface area contributed by atoms with Gasteiger partial charge in [0.2, 0.25) is 5.95 Å². The fraction of sp³-hybridized carbons (Fsp3) is 0.273. The number of aromatic nitrogens is 3. The molecule has 0 spiro atoms. The fourth-order valence-electron chi connectivity index (χ4n) is 3.94. The molecule has 1 aliphatic carbocycles. The van der Waals surface area contributed by atoms with Crippen molar-refractivity contribution in [3.63, 3.8) is 0 Å². The molecule has 0 amide bonds. The van der Waals surface area contributed by atoms with Crippen LogP contribution in [0.15, 0.2) is 48.8 Å². The summed E-state index contributed by atoms with van der Waals surface area (Å²) in [6.07, 6.45) is 5.77. The van der Waals surface area contributed by atoms with Crippen molar-refractivity contribution in [2.75, 3.05) is 18.0 Å². The average molecular weight is 356 g/mol. The normalized spacial score (nSPS) is 16.3. The van der Waals surface area contributed by atoms with E-state index >= 15 is 0 Å². The number of fused-ring (bicyclic) bond motifs is 3. The second kappa shape index (κ2) is 6.27. The lowest BCUT2D eigenvalue weighted by atomic mass is 9.99. The lowest BCUT2D eigenvalue weighted by Crippen LogP contribution is -2.34. The van der Waals surface area contributed by atoms with E-state index < -0.39 is 0 Å². The highest BCUT2D eigenvalue weighted by Gasteiger charge is 2.33. The molecule has 3 heterocycles. The molecule has 2 aliphatic rings. The van der Waals surface area contributed by atoms with Gasteiger partial charge in [0.25, 0.3) is 0 Å². The molecule has 1 aromatic carbocycles. The van der Waals surface area contributed by atoms with Crippen molar-refractivity contribution in [3.05, 3.63) is 59.9 Å². The van der Waals surface area contributed by atoms with Gasteiger partial charge in [0.05, 0.1) is 17.0 Å². The molecule has 5 rings (SSSR count). The van der Waals surface area contributed by atoms with Crippen molar-refractivity contribution in [1.29, 1.82) is 0 Å². The monoisotopic (exact) mass is 356 g/mol. The van der Waals surface area contributed by atoms with Gasteiger partial charge in [0, 0.05) is 42.2 Å². The number of benzene rings is 1. The van der Waals surface area contributed by atoms with E-state index in [4.69, 9.17) is 9.97 Å². The number of anilines is 1. The predicted molar refractivity (Wildman–Crippen MR) is 105 cm³/mol. The highest BCUT2D eigenvalue weighted by molar-refractivity contribution is 6.23. The Bertz CT molecular complexity index is 1020. The van der Waals surface area contributed by atoms with E-state index in [0.29, 0.717) is 22.8 Å². The minimum absolute atomic E-state index is 0.00160. The van der Waals surface area contributed by atoms with Gasteiger partial charge in [-0.05, 0) is 30.9 Å². The summed E-state index contributed by atoms with van der Waals surface area (Å²) in [4.78, 5) is 29.3. The van der Waals surface area contributed by atoms with Gasteiger partial charge < -0.3 is 4.90 Å². The van der Waals surface area contributed by atoms with Crippen LogP contribution in [0.25, 0.3) is 22.5 Å². The summed E-state index contributed by atoms with van der Waals surface area (Å²) < 4.78 is 0. The van der Waals surface area contributed by atoms with Crippen LogP contribution < -0.4 is 4.90 Å². The second-order valence-electron chi connectivity index (χ2n) is 7.38. The van der Waals surface area contributed by atoms with E-state index in [9.17, 15) is 4.79 Å². The number of carbonyl (C=O) groups is 1. The number of hydrogen-bond donors (Lipinski definition) is 0. The van der Waals surface area contributed by atoms with E-state index in [-0.39, 0.29) is 5.78 Å². The minimum atomic E-state index is -0.00160. The first-order valence-corrected chi connectivity index (χ1v) is 9.44. The Morgan fingerprint density at radius 1 is 0.963 bits per heavy atom. The van der Waals surface area contributed by atoms with Gasteiger partial charge in [-0.25, -0.2) is 9.97 Å². The van der Waals surface area contributed by atoms with Gasteiger partial charge in [-0.3, -0.25) is 9.78 Å². The number of piperidine rings is 1. The Morgan fingerprint density at radius 3 is 2.44 bits per heavy atom. The number of rotatable bonds is 2. The summed E-state index contributed by atoms with van der Waals surface area (Å²) in [7, 11) is 0. The first kappa shape index (κ1) is 16.1. The average Bonchev–Trinajstić information content (AvgIpc) is 3.01. The van der Waals surface area contributed by atoms with Crippen LogP contribution in [0.1, 0.15) is 35.7 Å². The standard InChI is InChI=1S/C22H20N4O/c1-14-8-11-26(12-9-14)22-24-19(15-5-4-10-23-13-15)18-20(25-22)16-6-2-3-7-17(16)21(18)27/h2-7,10,13-14H,8-9,11-12H2,1H3. The van der Waals surface area contributed by atoms with Crippen LogP contribution in [0.3, 0.4) is 0 Å². The van der Waals surface area contributed by atoms with E-state index in [1.165, 1.54) is 0 Å². The Hall–Kier alpha value is -3.08. The van der Waals surface area contributed by atoms with Gasteiger partial charge in [0.1, 0.15) is 0 Å². The molecule has 1 saturated heterocycles. The summed E-state index contributed by atoms with van der Waals surface area (Å²) in [5.74, 6) is 1.44. The summed E-state index contributed by atoms with van der Waals surface area (Å²) >= 11 is 0. The topological polar surface area (TPSA) is 59.0 Å². The number of carbonyl (C=O) groups excluding carboxylic acids is 1. The van der Waals surface area contributed by atoms with Gasteiger partial charge >= 0.3 is 0 Å². The van der Waals surface area contributed by atoms with Gasteiger partial charge in [-0.15, -0.1) is 0 Å². The molecular weight excluding hydrogens is 336 g/mol. The molecule has 0 saturated carbocycles. The molecule has 27 heavy (non-hydrogen) atoms. The smallest absolute Gasteiger partial charge is 0.226 e. The summed E-state index contributed by atoms with van der Waals surface area (Å²) in [6, 6.07) is 11.5. The van der Waals surface area contributed by atoms with Gasteiger partial charge in [-0.2, -0.15) is 0 Å². The zero-order valence-electron chi connectivity index (χ0n) is 15.2. The predicted octanol–water partition coefficient (Wildman–Crippen LogP) is 3.99. The highest BCUT2D eigenvalue weighted by Crippen LogP contribution is 2.40. The Labute approximate surface area is 158 Å². The maximum atomic E-state index is 13.1. The zero-order valence-corrected chi connectivity index (χ0v) is 15.2. The molecule has 1 aliphatic heterocycles. The molecule has 2 aromatic heterocycles. The largest absolute Gasteiger partial charge is 0.341 e. The molecule has 134 valence electrons. The molecule has 0 unspecified atom stereocenters. The Balaban J connectivity index is 1.72. The summed E-state index contributed by atoms with van der Waals surface area (Å²) in [5.41, 5.74) is 4.48. The lowest BCUT2D eigenvalue weighted by molar-refractivity contribution is 0.104. The Morgan fingerprint density at radius 2 is 1.70 bits per heavy atom. The molecule has 0 radical (unpaired) electrons. The van der Waals surface area contributed by atoms with Crippen LogP contribution in [-0.2, 0) is 0 Å². The van der Waals surface area contributed by atoms with Crippen LogP contribution in [0.5, 0.6) is 0 Å². The van der Waals surface area contributed by atoms with Crippen LogP contribution in [0.2, 0.25) is 0 Å². The van der Waals surface area contributed by atoms with Crippen molar-refractivity contribution >= 4 is 11.7 Å². The van der Waals surface area contributed by atoms with Crippen LogP contribution in [0.4, 0.5) is 5.95 Å². The molecule has 5 heteroatoms. The maximum Gasteiger partial charge on any atom is 0.226 e. The molecule has 0 N–H and O–H groups in total. The highest BCUT2D eigenvalue weighted by atomic mass is 16.1. The quantitative estimate of drug-likeness (QED) is 0.544. The number of nitrogens with zero attached hydrogens (tertiary/aromatic N) is 4. The lowest BCUT2D eigenvalue weighted by Gasteiger charge is -2.30. The summed E-state index contributed by atoms with van der Waals surface area (Å²) in [5, 5.41) is 0. The first-order valence-electron chi connectivity index (χ1n) is 9.44. The third kappa shape index (κ3) is 2.62. The van der Waals surface area contributed by atoms with Crippen LogP contribution in [0, 0.1) is 5.92 Å². The van der Waals surface area contributed by atoms with Crippen molar-refractivity contribution in [2.45, 2.75) is 19.8 Å². The third-order valence-electron chi connectivity index (χ3n) is 5.55. The van der Waals surface area contributed by atoms with Gasteiger partial charge in [0.15, 0.2) is 5.78 Å². The first-order chi connectivity index (χ1) is 13.2. The van der Waals surface area contributed by atoms with Crippen LogP contribution in [-0.4, -0.2) is 33.8 Å². The molecule has 0 atom stereocenters. The SMILES string of the molecule is CC1CCN(c2nc(-c3cccnc3)c3c(n2)-c2ccccc2C3=O)CC1. The molecule has 1 fully saturated rings. The third-order valence-corrected chi connectivity index (χ3v) is 5.55. The number of ketones is 1. The van der Waals surface area contributed by atoms with E-state index in [1.807, 2.05) is 36.4 Å². The van der Waals surface area contributed by atoms with Crippen molar-refractivity contribution in [3.8, 4) is 22.5 Å². The molecular formula is C22H20N4O. The fourth-order valence-corrected chi connectivity index (χ4v) is 3.94.